The van der Waals surface area contributed by atoms with Crippen LogP contribution in [0.25, 0.3) is 0 Å². The van der Waals surface area contributed by atoms with Crippen molar-refractivity contribution in [2.75, 3.05) is 6.61 Å². The van der Waals surface area contributed by atoms with Crippen LogP contribution in [0.15, 0.2) is 0 Å². The summed E-state index contributed by atoms with van der Waals surface area (Å²) in [6, 6.07) is 0. The highest BCUT2D eigenvalue weighted by atomic mass is 16.5. The monoisotopic (exact) mass is 201 g/mol. The summed E-state index contributed by atoms with van der Waals surface area (Å²) >= 11 is 0. The summed E-state index contributed by atoms with van der Waals surface area (Å²) in [5.41, 5.74) is -0.460. The Balaban J connectivity index is 2.45. The maximum atomic E-state index is 10.5. The van der Waals surface area contributed by atoms with Crippen LogP contribution >= 0.6 is 0 Å². The molecule has 0 aliphatic heterocycles. The molecule has 4 nitrogen and oxygen atoms in total. The van der Waals surface area contributed by atoms with E-state index < -0.39 is 11.6 Å². The molecule has 1 amide bonds. The molecule has 1 fully saturated rings. The van der Waals surface area contributed by atoms with Gasteiger partial charge in [-0.25, -0.2) is 4.79 Å². The number of hydrogen-bond donors (Lipinski definition) is 2. The van der Waals surface area contributed by atoms with E-state index in [1.54, 1.807) is 0 Å². The molecule has 0 aromatic rings. The highest BCUT2D eigenvalue weighted by molar-refractivity contribution is 5.65. The predicted molar refractivity (Wildman–Crippen MR) is 53.4 cm³/mol. The third-order valence-corrected chi connectivity index (χ3v) is 2.47. The molecule has 0 atom stereocenters. The zero-order valence-electron chi connectivity index (χ0n) is 9.09. The first-order chi connectivity index (χ1) is 6.39. The number of hydrogen-bond acceptors (Lipinski definition) is 2. The molecule has 1 saturated carbocycles. The van der Waals surface area contributed by atoms with E-state index in [2.05, 4.69) is 5.32 Å². The Bertz CT molecular complexity index is 221. The average molecular weight is 201 g/mol. The Hall–Kier alpha value is -0.770. The summed E-state index contributed by atoms with van der Waals surface area (Å²) in [5.74, 6) is 0. The van der Waals surface area contributed by atoms with Crippen LogP contribution in [0, 0.1) is 0 Å². The molecule has 0 aromatic carbocycles. The second-order valence-electron chi connectivity index (χ2n) is 4.61. The molecule has 82 valence electrons. The largest absolute Gasteiger partial charge is 0.465 e. The van der Waals surface area contributed by atoms with Gasteiger partial charge in [0.1, 0.15) is 0 Å². The Morgan fingerprint density at radius 2 is 2.14 bits per heavy atom. The number of ether oxygens (including phenoxy) is 1. The summed E-state index contributed by atoms with van der Waals surface area (Å²) in [6.07, 6.45) is 1.87. The first kappa shape index (κ1) is 11.3. The van der Waals surface area contributed by atoms with Gasteiger partial charge in [-0.05, 0) is 40.0 Å². The number of amides is 1. The lowest BCUT2D eigenvalue weighted by molar-refractivity contribution is 0.0186. The van der Waals surface area contributed by atoms with Crippen molar-refractivity contribution in [2.24, 2.45) is 0 Å². The summed E-state index contributed by atoms with van der Waals surface area (Å²) in [5, 5.41) is 11.2. The van der Waals surface area contributed by atoms with E-state index in [0.717, 1.165) is 19.3 Å². The van der Waals surface area contributed by atoms with Gasteiger partial charge in [0.25, 0.3) is 0 Å². The highest BCUT2D eigenvalue weighted by Gasteiger charge is 2.47. The van der Waals surface area contributed by atoms with Crippen LogP contribution < -0.4 is 5.32 Å². The minimum absolute atomic E-state index is 0.0549. The smallest absolute Gasteiger partial charge is 0.405 e. The van der Waals surface area contributed by atoms with Gasteiger partial charge in [0.05, 0.1) is 5.60 Å². The zero-order chi connectivity index (χ0) is 10.8. The lowest BCUT2D eigenvalue weighted by Gasteiger charge is -2.29. The first-order valence-electron chi connectivity index (χ1n) is 5.04. The molecule has 1 rings (SSSR count). The van der Waals surface area contributed by atoms with E-state index in [-0.39, 0.29) is 5.60 Å². The minimum Gasteiger partial charge on any atom is -0.465 e. The van der Waals surface area contributed by atoms with E-state index >= 15 is 0 Å². The third-order valence-electron chi connectivity index (χ3n) is 2.47. The second kappa shape index (κ2) is 3.77. The highest BCUT2D eigenvalue weighted by Crippen LogP contribution is 2.45. The fourth-order valence-corrected chi connectivity index (χ4v) is 1.96. The molecule has 0 radical (unpaired) electrons. The molecule has 1 aliphatic rings. The van der Waals surface area contributed by atoms with Gasteiger partial charge >= 0.3 is 6.09 Å². The zero-order valence-corrected chi connectivity index (χ0v) is 9.09. The van der Waals surface area contributed by atoms with Crippen molar-refractivity contribution in [1.82, 2.24) is 5.32 Å². The van der Waals surface area contributed by atoms with E-state index in [4.69, 9.17) is 9.84 Å². The minimum atomic E-state index is -0.970. The van der Waals surface area contributed by atoms with E-state index in [0.29, 0.717) is 6.61 Å². The molecule has 0 unspecified atom stereocenters. The molecule has 1 aliphatic carbocycles. The van der Waals surface area contributed by atoms with Gasteiger partial charge in [-0.2, -0.15) is 0 Å². The molecule has 0 spiro atoms. The maximum absolute atomic E-state index is 10.5. The van der Waals surface area contributed by atoms with Gasteiger partial charge in [-0.1, -0.05) is 0 Å². The second-order valence-corrected chi connectivity index (χ2v) is 4.61. The van der Waals surface area contributed by atoms with Crippen molar-refractivity contribution in [3.63, 3.8) is 0 Å². The van der Waals surface area contributed by atoms with Gasteiger partial charge in [-0.3, -0.25) is 0 Å². The number of carboxylic acid groups (broad SMARTS) is 1. The SMILES string of the molecule is CCOC1(CC(C)(C)NC(=O)O)CC1. The van der Waals surface area contributed by atoms with Crippen molar-refractivity contribution in [2.45, 2.75) is 51.2 Å². The molecular formula is C10H19NO3. The summed E-state index contributed by atoms with van der Waals surface area (Å²) < 4.78 is 5.62. The molecule has 0 saturated heterocycles. The summed E-state index contributed by atoms with van der Waals surface area (Å²) in [6.45, 7) is 6.45. The predicted octanol–water partition coefficient (Wildman–Crippen LogP) is 1.99. The topological polar surface area (TPSA) is 58.6 Å². The molecule has 0 aromatic heterocycles. The van der Waals surface area contributed by atoms with Crippen molar-refractivity contribution in [3.05, 3.63) is 0 Å². The van der Waals surface area contributed by atoms with Crippen molar-refractivity contribution in [3.8, 4) is 0 Å². The van der Waals surface area contributed by atoms with Crippen molar-refractivity contribution >= 4 is 6.09 Å². The molecule has 4 heteroatoms. The Kier molecular flexibility index (Phi) is 3.04. The normalized spacial score (nSPS) is 19.1. The van der Waals surface area contributed by atoms with Crippen LogP contribution in [0.5, 0.6) is 0 Å². The van der Waals surface area contributed by atoms with Gasteiger partial charge in [0, 0.05) is 12.1 Å². The van der Waals surface area contributed by atoms with Crippen molar-refractivity contribution in [1.29, 1.82) is 0 Å². The lowest BCUT2D eigenvalue weighted by Crippen LogP contribution is -2.46. The van der Waals surface area contributed by atoms with E-state index in [1.807, 2.05) is 20.8 Å². The van der Waals surface area contributed by atoms with Crippen molar-refractivity contribution < 1.29 is 14.6 Å². The van der Waals surface area contributed by atoms with E-state index in [1.165, 1.54) is 0 Å². The Morgan fingerprint density at radius 3 is 2.50 bits per heavy atom. The average Bonchev–Trinajstić information content (AvgIpc) is 2.64. The fraction of sp³-hybridized carbons (Fsp3) is 0.900. The molecular weight excluding hydrogens is 182 g/mol. The number of rotatable bonds is 5. The molecule has 2 N–H and O–H groups in total. The standard InChI is InChI=1S/C10H19NO3/c1-4-14-10(5-6-10)7-9(2,3)11-8(12)13/h11H,4-7H2,1-3H3,(H,12,13). The summed E-state index contributed by atoms with van der Waals surface area (Å²) in [7, 11) is 0. The van der Waals surface area contributed by atoms with E-state index in [9.17, 15) is 4.79 Å². The molecule has 14 heavy (non-hydrogen) atoms. The van der Waals surface area contributed by atoms with Crippen LogP contribution in [0.1, 0.15) is 40.0 Å². The van der Waals surface area contributed by atoms with Crippen LogP contribution in [0.3, 0.4) is 0 Å². The van der Waals surface area contributed by atoms with Crippen LogP contribution in [0.2, 0.25) is 0 Å². The number of nitrogens with one attached hydrogen (secondary N) is 1. The Labute approximate surface area is 84.6 Å². The lowest BCUT2D eigenvalue weighted by atomic mass is 9.95. The van der Waals surface area contributed by atoms with Crippen LogP contribution in [-0.2, 0) is 4.74 Å². The van der Waals surface area contributed by atoms with Gasteiger partial charge in [0.15, 0.2) is 0 Å². The van der Waals surface area contributed by atoms with Gasteiger partial charge in [0.2, 0.25) is 0 Å². The molecule has 0 bridgehead atoms. The maximum Gasteiger partial charge on any atom is 0.405 e. The van der Waals surface area contributed by atoms with Gasteiger partial charge in [-0.15, -0.1) is 0 Å². The fourth-order valence-electron chi connectivity index (χ4n) is 1.96. The number of carbonyl (C=O) groups is 1. The molecule has 0 heterocycles. The first-order valence-corrected chi connectivity index (χ1v) is 5.04. The van der Waals surface area contributed by atoms with Crippen LogP contribution in [0.4, 0.5) is 4.79 Å². The quantitative estimate of drug-likeness (QED) is 0.715. The Morgan fingerprint density at radius 1 is 1.57 bits per heavy atom. The van der Waals surface area contributed by atoms with Crippen LogP contribution in [-0.4, -0.2) is 28.9 Å². The van der Waals surface area contributed by atoms with Gasteiger partial charge < -0.3 is 15.2 Å². The third kappa shape index (κ3) is 3.18. The summed E-state index contributed by atoms with van der Waals surface area (Å²) in [4.78, 5) is 10.5.